The van der Waals surface area contributed by atoms with Gasteiger partial charge in [-0.2, -0.15) is 0 Å². The molecule has 3 aromatic rings. The Balaban J connectivity index is 1.58. The quantitative estimate of drug-likeness (QED) is 0.647. The second kappa shape index (κ2) is 8.15. The molecule has 0 atom stereocenters. The van der Waals surface area contributed by atoms with Gasteiger partial charge < -0.3 is 10.1 Å². The molecule has 0 aliphatic rings. The monoisotopic (exact) mass is 366 g/mol. The lowest BCUT2D eigenvalue weighted by Crippen LogP contribution is -2.20. The van der Waals surface area contributed by atoms with E-state index in [0.29, 0.717) is 5.92 Å². The topological polar surface area (TPSA) is 51.2 Å². The molecule has 0 aliphatic carbocycles. The van der Waals surface area contributed by atoms with Crippen LogP contribution in [-0.2, 0) is 4.79 Å². The van der Waals surface area contributed by atoms with Crippen molar-refractivity contribution in [3.05, 3.63) is 64.5 Å². The van der Waals surface area contributed by atoms with Crippen molar-refractivity contribution in [1.82, 2.24) is 4.98 Å². The fraction of sp³-hybridized carbons (Fsp3) is 0.238. The largest absolute Gasteiger partial charge is 0.483 e. The first-order chi connectivity index (χ1) is 12.5. The molecule has 4 nitrogen and oxygen atoms in total. The second-order valence-electron chi connectivity index (χ2n) is 6.36. The van der Waals surface area contributed by atoms with Crippen molar-refractivity contribution in [3.8, 4) is 17.0 Å². The minimum absolute atomic E-state index is 0.0171. The first kappa shape index (κ1) is 18.1. The summed E-state index contributed by atoms with van der Waals surface area (Å²) in [5, 5.41) is 5.93. The van der Waals surface area contributed by atoms with Gasteiger partial charge in [-0.3, -0.25) is 4.79 Å². The molecule has 134 valence electrons. The molecule has 0 radical (unpaired) electrons. The lowest BCUT2D eigenvalue weighted by Gasteiger charge is -2.13. The number of carbonyl (C=O) groups excluding carboxylic acids is 1. The first-order valence-electron chi connectivity index (χ1n) is 8.57. The van der Waals surface area contributed by atoms with Gasteiger partial charge in [0.15, 0.2) is 6.61 Å². The van der Waals surface area contributed by atoms with E-state index in [0.717, 1.165) is 33.3 Å². The molecular weight excluding hydrogens is 344 g/mol. The van der Waals surface area contributed by atoms with Gasteiger partial charge in [-0.1, -0.05) is 44.2 Å². The Bertz CT molecular complexity index is 885. The van der Waals surface area contributed by atoms with Gasteiger partial charge in [0.25, 0.3) is 5.91 Å². The molecule has 5 heteroatoms. The summed E-state index contributed by atoms with van der Waals surface area (Å²) >= 11 is 1.62. The number of anilines is 1. The van der Waals surface area contributed by atoms with Crippen LogP contribution >= 0.6 is 11.3 Å². The second-order valence-corrected chi connectivity index (χ2v) is 7.42. The standard InChI is InChI=1S/C21H22N2O2S/c1-14(2)18-6-4-5-7-20(18)25-12-21(24)23-17-10-8-16(9-11-17)19-13-26-15(3)22-19/h4-11,13-14H,12H2,1-3H3,(H,23,24). The normalized spacial score (nSPS) is 10.8. The Morgan fingerprint density at radius 3 is 2.54 bits per heavy atom. The molecule has 26 heavy (non-hydrogen) atoms. The number of aromatic nitrogens is 1. The number of hydrogen-bond donors (Lipinski definition) is 1. The van der Waals surface area contributed by atoms with Crippen molar-refractivity contribution in [2.45, 2.75) is 26.7 Å². The summed E-state index contributed by atoms with van der Waals surface area (Å²) in [6, 6.07) is 15.5. The minimum Gasteiger partial charge on any atom is -0.483 e. The van der Waals surface area contributed by atoms with E-state index in [-0.39, 0.29) is 12.5 Å². The van der Waals surface area contributed by atoms with Crippen LogP contribution in [0.3, 0.4) is 0 Å². The average Bonchev–Trinajstić information content (AvgIpc) is 3.07. The van der Waals surface area contributed by atoms with Crippen molar-refractivity contribution in [3.63, 3.8) is 0 Å². The minimum atomic E-state index is -0.180. The first-order valence-corrected chi connectivity index (χ1v) is 9.45. The van der Waals surface area contributed by atoms with Gasteiger partial charge in [0, 0.05) is 16.6 Å². The van der Waals surface area contributed by atoms with Crippen LogP contribution in [0.15, 0.2) is 53.9 Å². The number of ether oxygens (including phenoxy) is 1. The third-order valence-corrected chi connectivity index (χ3v) is 4.76. The lowest BCUT2D eigenvalue weighted by molar-refractivity contribution is -0.118. The average molecular weight is 366 g/mol. The van der Waals surface area contributed by atoms with Crippen molar-refractivity contribution in [1.29, 1.82) is 0 Å². The number of nitrogens with zero attached hydrogens (tertiary/aromatic N) is 1. The maximum Gasteiger partial charge on any atom is 0.262 e. The number of carbonyl (C=O) groups is 1. The molecule has 1 amide bonds. The summed E-state index contributed by atoms with van der Waals surface area (Å²) in [7, 11) is 0. The number of thiazole rings is 1. The Kier molecular flexibility index (Phi) is 5.68. The van der Waals surface area contributed by atoms with Gasteiger partial charge in [0.1, 0.15) is 5.75 Å². The predicted molar refractivity (Wildman–Crippen MR) is 107 cm³/mol. The van der Waals surface area contributed by atoms with Crippen molar-refractivity contribution in [2.75, 3.05) is 11.9 Å². The Morgan fingerprint density at radius 2 is 1.88 bits per heavy atom. The maximum atomic E-state index is 12.2. The SMILES string of the molecule is Cc1nc(-c2ccc(NC(=O)COc3ccccc3C(C)C)cc2)cs1. The number of amides is 1. The van der Waals surface area contributed by atoms with Gasteiger partial charge in [0.2, 0.25) is 0 Å². The van der Waals surface area contributed by atoms with Crippen LogP contribution in [0, 0.1) is 6.92 Å². The van der Waals surface area contributed by atoms with E-state index in [1.165, 1.54) is 0 Å². The number of aryl methyl sites for hydroxylation is 1. The molecule has 1 aromatic heterocycles. The van der Waals surface area contributed by atoms with Crippen LogP contribution in [0.5, 0.6) is 5.75 Å². The molecule has 2 aromatic carbocycles. The van der Waals surface area contributed by atoms with E-state index in [1.54, 1.807) is 11.3 Å². The highest BCUT2D eigenvalue weighted by molar-refractivity contribution is 7.09. The summed E-state index contributed by atoms with van der Waals surface area (Å²) in [6.07, 6.45) is 0. The molecule has 0 unspecified atom stereocenters. The zero-order valence-electron chi connectivity index (χ0n) is 15.2. The van der Waals surface area contributed by atoms with Crippen LogP contribution in [0.4, 0.5) is 5.69 Å². The molecule has 0 fully saturated rings. The van der Waals surface area contributed by atoms with Crippen molar-refractivity contribution < 1.29 is 9.53 Å². The summed E-state index contributed by atoms with van der Waals surface area (Å²) in [5.41, 5.74) is 3.84. The molecule has 1 N–H and O–H groups in total. The van der Waals surface area contributed by atoms with Gasteiger partial charge in [-0.15, -0.1) is 11.3 Å². The highest BCUT2D eigenvalue weighted by atomic mass is 32.1. The molecule has 0 bridgehead atoms. The number of rotatable bonds is 6. The lowest BCUT2D eigenvalue weighted by atomic mass is 10.0. The van der Waals surface area contributed by atoms with Gasteiger partial charge in [-0.25, -0.2) is 4.98 Å². The van der Waals surface area contributed by atoms with Crippen LogP contribution in [0.25, 0.3) is 11.3 Å². The molecule has 0 saturated heterocycles. The van der Waals surface area contributed by atoms with Crippen LogP contribution < -0.4 is 10.1 Å². The summed E-state index contributed by atoms with van der Waals surface area (Å²) in [6.45, 7) is 6.18. The number of hydrogen-bond acceptors (Lipinski definition) is 4. The highest BCUT2D eigenvalue weighted by Gasteiger charge is 2.10. The van der Waals surface area contributed by atoms with Crippen LogP contribution in [0.2, 0.25) is 0 Å². The van der Waals surface area contributed by atoms with Gasteiger partial charge in [0.05, 0.1) is 10.7 Å². The van der Waals surface area contributed by atoms with E-state index < -0.39 is 0 Å². The summed E-state index contributed by atoms with van der Waals surface area (Å²) in [5.74, 6) is 0.920. The van der Waals surface area contributed by atoms with Crippen LogP contribution in [-0.4, -0.2) is 17.5 Å². The molecule has 0 spiro atoms. The fourth-order valence-electron chi connectivity index (χ4n) is 2.65. The zero-order chi connectivity index (χ0) is 18.5. The zero-order valence-corrected chi connectivity index (χ0v) is 16.0. The third kappa shape index (κ3) is 4.49. The third-order valence-electron chi connectivity index (χ3n) is 3.98. The highest BCUT2D eigenvalue weighted by Crippen LogP contribution is 2.26. The maximum absolute atomic E-state index is 12.2. The van der Waals surface area contributed by atoms with E-state index >= 15 is 0 Å². The predicted octanol–water partition coefficient (Wildman–Crippen LogP) is 5.26. The summed E-state index contributed by atoms with van der Waals surface area (Å²) in [4.78, 5) is 16.6. The smallest absolute Gasteiger partial charge is 0.262 e. The van der Waals surface area contributed by atoms with Crippen molar-refractivity contribution >= 4 is 22.9 Å². The number of nitrogens with one attached hydrogen (secondary N) is 1. The number of benzene rings is 2. The number of para-hydroxylation sites is 1. The molecule has 3 rings (SSSR count). The van der Waals surface area contributed by atoms with Gasteiger partial charge >= 0.3 is 0 Å². The summed E-state index contributed by atoms with van der Waals surface area (Å²) < 4.78 is 5.71. The molecule has 0 aliphatic heterocycles. The fourth-order valence-corrected chi connectivity index (χ4v) is 3.27. The van der Waals surface area contributed by atoms with Crippen LogP contribution in [0.1, 0.15) is 30.3 Å². The molecular formula is C21H22N2O2S. The van der Waals surface area contributed by atoms with E-state index in [4.69, 9.17) is 4.74 Å². The van der Waals surface area contributed by atoms with Gasteiger partial charge in [-0.05, 0) is 36.6 Å². The molecule has 1 heterocycles. The Labute approximate surface area is 157 Å². The Morgan fingerprint density at radius 1 is 1.15 bits per heavy atom. The Hall–Kier alpha value is -2.66. The van der Waals surface area contributed by atoms with E-state index in [2.05, 4.69) is 24.1 Å². The van der Waals surface area contributed by atoms with E-state index in [1.807, 2.05) is 60.8 Å². The molecule has 0 saturated carbocycles. The van der Waals surface area contributed by atoms with E-state index in [9.17, 15) is 4.79 Å². The van der Waals surface area contributed by atoms with Crippen molar-refractivity contribution in [2.24, 2.45) is 0 Å².